The van der Waals surface area contributed by atoms with Crippen LogP contribution in [0.4, 0.5) is 0 Å². The summed E-state index contributed by atoms with van der Waals surface area (Å²) in [6.07, 6.45) is 0. The molecule has 0 bridgehead atoms. The van der Waals surface area contributed by atoms with E-state index in [1.54, 1.807) is 0 Å². The Morgan fingerprint density at radius 3 is 2.64 bits per heavy atom. The van der Waals surface area contributed by atoms with Gasteiger partial charge < -0.3 is 4.98 Å². The number of fused-ring (bicyclic) bond motifs is 3. The number of hydrogen-bond acceptors (Lipinski definition) is 0. The topological polar surface area (TPSA) is 15.8 Å². The fourth-order valence-corrected chi connectivity index (χ4v) is 1.73. The standard InChI is InChI=1S/C12H8N.Zn/c1-3-7-11-9(5-1)10-6-2-4-8-12(10)13-11;/h1-7,13H;/q-1;. The van der Waals surface area contributed by atoms with Gasteiger partial charge in [0, 0.05) is 25.0 Å². The molecule has 1 heterocycles. The van der Waals surface area contributed by atoms with E-state index < -0.39 is 0 Å². The zero-order chi connectivity index (χ0) is 8.67. The average molecular weight is 232 g/mol. The van der Waals surface area contributed by atoms with Crippen LogP contribution >= 0.6 is 0 Å². The Kier molecular flexibility index (Phi) is 2.39. The van der Waals surface area contributed by atoms with Crippen molar-refractivity contribution in [2.45, 2.75) is 0 Å². The van der Waals surface area contributed by atoms with Crippen molar-refractivity contribution >= 4 is 21.8 Å². The maximum absolute atomic E-state index is 3.32. The Balaban J connectivity index is 0.000000750. The molecule has 14 heavy (non-hydrogen) atoms. The molecule has 3 rings (SSSR count). The molecular weight excluding hydrogens is 224 g/mol. The molecule has 2 aromatic carbocycles. The van der Waals surface area contributed by atoms with E-state index in [-0.39, 0.29) is 19.5 Å². The quantitative estimate of drug-likeness (QED) is 0.452. The van der Waals surface area contributed by atoms with Crippen molar-refractivity contribution in [3.8, 4) is 0 Å². The molecule has 2 heteroatoms. The van der Waals surface area contributed by atoms with E-state index in [0.29, 0.717) is 0 Å². The molecule has 1 N–H and O–H groups in total. The van der Waals surface area contributed by atoms with Crippen LogP contribution in [0, 0.1) is 6.07 Å². The first kappa shape index (κ1) is 9.42. The molecule has 0 saturated carbocycles. The Bertz CT molecular complexity index is 518. The molecule has 0 unspecified atom stereocenters. The molecule has 0 saturated heterocycles. The van der Waals surface area contributed by atoms with Crippen molar-refractivity contribution in [1.82, 2.24) is 4.98 Å². The summed E-state index contributed by atoms with van der Waals surface area (Å²) in [5, 5.41) is 2.52. The predicted octanol–water partition coefficient (Wildman–Crippen LogP) is 3.12. The number of H-pyrrole nitrogens is 1. The largest absolute Gasteiger partial charge is 0.378 e. The zero-order valence-corrected chi connectivity index (χ0v) is 10.7. The van der Waals surface area contributed by atoms with Gasteiger partial charge in [0.1, 0.15) is 0 Å². The Morgan fingerprint density at radius 1 is 0.929 bits per heavy atom. The van der Waals surface area contributed by atoms with Gasteiger partial charge in [-0.15, -0.1) is 5.39 Å². The molecule has 1 aromatic heterocycles. The minimum absolute atomic E-state index is 0. The predicted molar refractivity (Wildman–Crippen MR) is 54.6 cm³/mol. The van der Waals surface area contributed by atoms with E-state index in [0.717, 1.165) is 5.52 Å². The second-order valence-corrected chi connectivity index (χ2v) is 3.13. The van der Waals surface area contributed by atoms with Crippen LogP contribution in [0.5, 0.6) is 0 Å². The second kappa shape index (κ2) is 3.55. The van der Waals surface area contributed by atoms with E-state index in [4.69, 9.17) is 0 Å². The first-order valence-electron chi connectivity index (χ1n) is 4.32. The minimum Gasteiger partial charge on any atom is -0.378 e. The molecule has 0 spiro atoms. The van der Waals surface area contributed by atoms with Crippen LogP contribution < -0.4 is 0 Å². The summed E-state index contributed by atoms with van der Waals surface area (Å²) in [6.45, 7) is 0. The van der Waals surface area contributed by atoms with Gasteiger partial charge in [-0.05, 0) is 11.5 Å². The van der Waals surface area contributed by atoms with Crippen LogP contribution in [0.1, 0.15) is 0 Å². The second-order valence-electron chi connectivity index (χ2n) is 3.13. The van der Waals surface area contributed by atoms with Crippen molar-refractivity contribution in [3.05, 3.63) is 48.5 Å². The van der Waals surface area contributed by atoms with Crippen LogP contribution in [0.3, 0.4) is 0 Å². The first-order chi connectivity index (χ1) is 6.45. The molecule has 0 atom stereocenters. The molecule has 0 aliphatic heterocycles. The summed E-state index contributed by atoms with van der Waals surface area (Å²) in [5.41, 5.74) is 2.27. The minimum atomic E-state index is 0. The number of aromatic amines is 1. The van der Waals surface area contributed by atoms with Crippen molar-refractivity contribution in [2.24, 2.45) is 0 Å². The van der Waals surface area contributed by atoms with Crippen LogP contribution in [0.25, 0.3) is 21.8 Å². The molecular formula is C12H8NZn-. The molecule has 0 aliphatic rings. The Labute approximate surface area is 94.9 Å². The SMILES string of the molecule is [Zn].[c-]1cccc2c1[nH]c1ccccc12. The normalized spacial score (nSPS) is 10.3. The van der Waals surface area contributed by atoms with Crippen molar-refractivity contribution in [1.29, 1.82) is 0 Å². The van der Waals surface area contributed by atoms with Gasteiger partial charge in [0.25, 0.3) is 0 Å². The van der Waals surface area contributed by atoms with E-state index in [2.05, 4.69) is 35.3 Å². The maximum Gasteiger partial charge on any atom is 0.0322 e. The van der Waals surface area contributed by atoms with E-state index in [1.165, 1.54) is 16.3 Å². The number of hydrogen-bond donors (Lipinski definition) is 1. The summed E-state index contributed by atoms with van der Waals surface area (Å²) in [6, 6.07) is 17.6. The summed E-state index contributed by atoms with van der Waals surface area (Å²) < 4.78 is 0. The molecule has 1 nitrogen and oxygen atoms in total. The number of benzene rings is 2. The monoisotopic (exact) mass is 230 g/mol. The molecule has 64 valence electrons. The van der Waals surface area contributed by atoms with Gasteiger partial charge in [0.2, 0.25) is 0 Å². The van der Waals surface area contributed by atoms with Crippen molar-refractivity contribution in [2.75, 3.05) is 0 Å². The maximum atomic E-state index is 3.32. The van der Waals surface area contributed by atoms with Crippen molar-refractivity contribution < 1.29 is 19.5 Å². The van der Waals surface area contributed by atoms with E-state index >= 15 is 0 Å². The van der Waals surface area contributed by atoms with Crippen LogP contribution in [-0.2, 0) is 19.5 Å². The van der Waals surface area contributed by atoms with Gasteiger partial charge in [0.15, 0.2) is 0 Å². The Morgan fingerprint density at radius 2 is 1.71 bits per heavy atom. The van der Waals surface area contributed by atoms with Gasteiger partial charge in [-0.1, -0.05) is 23.7 Å². The molecule has 0 radical (unpaired) electrons. The summed E-state index contributed by atoms with van der Waals surface area (Å²) >= 11 is 0. The number of aromatic nitrogens is 1. The number of nitrogens with one attached hydrogen (secondary N) is 1. The average Bonchev–Trinajstić information content (AvgIpc) is 2.56. The van der Waals surface area contributed by atoms with Crippen LogP contribution in [-0.4, -0.2) is 4.98 Å². The van der Waals surface area contributed by atoms with Gasteiger partial charge in [-0.2, -0.15) is 24.3 Å². The smallest absolute Gasteiger partial charge is 0.0322 e. The van der Waals surface area contributed by atoms with Gasteiger partial charge in [-0.3, -0.25) is 0 Å². The molecule has 0 aliphatic carbocycles. The fourth-order valence-electron chi connectivity index (χ4n) is 1.73. The zero-order valence-electron chi connectivity index (χ0n) is 7.75. The van der Waals surface area contributed by atoms with E-state index in [9.17, 15) is 0 Å². The van der Waals surface area contributed by atoms with E-state index in [1.807, 2.05) is 18.2 Å². The third-order valence-corrected chi connectivity index (χ3v) is 2.33. The summed E-state index contributed by atoms with van der Waals surface area (Å²) in [7, 11) is 0. The molecule has 3 aromatic rings. The number of para-hydroxylation sites is 2. The van der Waals surface area contributed by atoms with Crippen molar-refractivity contribution in [3.63, 3.8) is 0 Å². The van der Waals surface area contributed by atoms with Gasteiger partial charge in [0.05, 0.1) is 0 Å². The summed E-state index contributed by atoms with van der Waals surface area (Å²) in [5.74, 6) is 0. The fraction of sp³-hybridized carbons (Fsp3) is 0. The molecule has 0 amide bonds. The van der Waals surface area contributed by atoms with Gasteiger partial charge in [-0.25, -0.2) is 0 Å². The number of rotatable bonds is 0. The molecule has 0 fully saturated rings. The van der Waals surface area contributed by atoms with Crippen LogP contribution in [0.2, 0.25) is 0 Å². The van der Waals surface area contributed by atoms with Gasteiger partial charge >= 0.3 is 0 Å². The third kappa shape index (κ3) is 1.27. The summed E-state index contributed by atoms with van der Waals surface area (Å²) in [4.78, 5) is 3.32. The Hall–Kier alpha value is -1.14. The third-order valence-electron chi connectivity index (χ3n) is 2.33. The first-order valence-corrected chi connectivity index (χ1v) is 4.32. The van der Waals surface area contributed by atoms with Crippen LogP contribution in [0.15, 0.2) is 42.5 Å².